The third-order valence-electron chi connectivity index (χ3n) is 3.88. The molecule has 24 heavy (non-hydrogen) atoms. The van der Waals surface area contributed by atoms with Crippen LogP contribution in [0.5, 0.6) is 0 Å². The summed E-state index contributed by atoms with van der Waals surface area (Å²) < 4.78 is 0. The molecule has 0 atom stereocenters. The second-order valence-electron chi connectivity index (χ2n) is 5.90. The van der Waals surface area contributed by atoms with Crippen LogP contribution in [0.2, 0.25) is 0 Å². The Morgan fingerprint density at radius 2 is 1.83 bits per heavy atom. The number of rotatable bonds is 7. The number of carbonyl (C=O) groups excluding carboxylic acids is 1. The lowest BCUT2D eigenvalue weighted by Crippen LogP contribution is -2.14. The van der Waals surface area contributed by atoms with E-state index in [1.807, 2.05) is 43.3 Å². The minimum Gasteiger partial charge on any atom is -0.481 e. The quantitative estimate of drug-likeness (QED) is 0.604. The van der Waals surface area contributed by atoms with Crippen LogP contribution in [0.4, 0.5) is 11.4 Å². The predicted octanol–water partition coefficient (Wildman–Crippen LogP) is 2.97. The van der Waals surface area contributed by atoms with Gasteiger partial charge in [-0.15, -0.1) is 0 Å². The minimum absolute atomic E-state index is 0.0805. The number of nitrogens with two attached hydrogens (primary N) is 1. The fourth-order valence-corrected chi connectivity index (χ4v) is 2.61. The molecule has 0 aliphatic heterocycles. The molecule has 0 heterocycles. The summed E-state index contributed by atoms with van der Waals surface area (Å²) in [6.07, 6.45) is 1.22. The van der Waals surface area contributed by atoms with Crippen molar-refractivity contribution in [2.75, 3.05) is 24.7 Å². The lowest BCUT2D eigenvalue weighted by Gasteiger charge is -2.17. The van der Waals surface area contributed by atoms with Crippen molar-refractivity contribution in [1.82, 2.24) is 0 Å². The van der Waals surface area contributed by atoms with Crippen LogP contribution in [-0.4, -0.2) is 31.0 Å². The van der Waals surface area contributed by atoms with Gasteiger partial charge in [-0.1, -0.05) is 24.3 Å². The Morgan fingerprint density at radius 1 is 1.12 bits per heavy atom. The normalized spacial score (nSPS) is 10.4. The van der Waals surface area contributed by atoms with E-state index in [9.17, 15) is 9.59 Å². The van der Waals surface area contributed by atoms with E-state index < -0.39 is 5.97 Å². The van der Waals surface area contributed by atoms with Gasteiger partial charge in [-0.3, -0.25) is 9.59 Å². The molecule has 5 heteroatoms. The van der Waals surface area contributed by atoms with Gasteiger partial charge in [0.2, 0.25) is 0 Å². The number of para-hydroxylation sites is 1. The molecule has 5 nitrogen and oxygen atoms in total. The van der Waals surface area contributed by atoms with Gasteiger partial charge < -0.3 is 15.7 Å². The molecule has 0 saturated carbocycles. The van der Waals surface area contributed by atoms with E-state index >= 15 is 0 Å². The fraction of sp³-hybridized carbons (Fsp3) is 0.263. The summed E-state index contributed by atoms with van der Waals surface area (Å²) >= 11 is 0. The first-order valence-corrected chi connectivity index (χ1v) is 7.81. The topological polar surface area (TPSA) is 83.6 Å². The number of carboxylic acids is 1. The Morgan fingerprint density at radius 3 is 2.46 bits per heavy atom. The van der Waals surface area contributed by atoms with Crippen molar-refractivity contribution >= 4 is 23.1 Å². The predicted molar refractivity (Wildman–Crippen MR) is 95.6 cm³/mol. The molecule has 0 saturated heterocycles. The first-order valence-electron chi connectivity index (χ1n) is 7.81. The van der Waals surface area contributed by atoms with Crippen molar-refractivity contribution in [1.29, 1.82) is 0 Å². The second-order valence-corrected chi connectivity index (χ2v) is 5.90. The molecule has 2 rings (SSSR count). The molecule has 0 aromatic heterocycles. The van der Waals surface area contributed by atoms with Gasteiger partial charge in [0.25, 0.3) is 0 Å². The summed E-state index contributed by atoms with van der Waals surface area (Å²) in [6, 6.07) is 12.7. The minimum atomic E-state index is -0.819. The number of aryl methyl sites for hydroxylation is 1. The highest BCUT2D eigenvalue weighted by molar-refractivity contribution is 6.12. The van der Waals surface area contributed by atoms with Crippen LogP contribution in [0.15, 0.2) is 42.5 Å². The van der Waals surface area contributed by atoms with Crippen molar-refractivity contribution < 1.29 is 14.7 Å². The molecule has 0 fully saturated rings. The summed E-state index contributed by atoms with van der Waals surface area (Å²) in [4.78, 5) is 25.3. The smallest absolute Gasteiger partial charge is 0.303 e. The van der Waals surface area contributed by atoms with Gasteiger partial charge >= 0.3 is 5.97 Å². The van der Waals surface area contributed by atoms with Crippen LogP contribution >= 0.6 is 0 Å². The Kier molecular flexibility index (Phi) is 5.58. The summed E-state index contributed by atoms with van der Waals surface area (Å²) in [5, 5.41) is 8.69. The van der Waals surface area contributed by atoms with Crippen LogP contribution in [0, 0.1) is 0 Å². The lowest BCUT2D eigenvalue weighted by molar-refractivity contribution is -0.137. The molecular weight excluding hydrogens is 304 g/mol. The first-order chi connectivity index (χ1) is 11.4. The zero-order valence-corrected chi connectivity index (χ0v) is 14.0. The van der Waals surface area contributed by atoms with Gasteiger partial charge in [0.1, 0.15) is 0 Å². The maximum Gasteiger partial charge on any atom is 0.303 e. The highest BCUT2D eigenvalue weighted by Gasteiger charge is 2.15. The van der Waals surface area contributed by atoms with Crippen molar-refractivity contribution in [3.63, 3.8) is 0 Å². The molecule has 0 bridgehead atoms. The zero-order chi connectivity index (χ0) is 17.7. The molecular formula is C19H22N2O3. The fourth-order valence-electron chi connectivity index (χ4n) is 2.61. The number of anilines is 2. The van der Waals surface area contributed by atoms with E-state index in [4.69, 9.17) is 10.8 Å². The third-order valence-corrected chi connectivity index (χ3v) is 3.88. The molecule has 2 aromatic carbocycles. The number of aliphatic carboxylic acids is 1. The maximum absolute atomic E-state index is 12.8. The zero-order valence-electron chi connectivity index (χ0n) is 14.0. The Hall–Kier alpha value is -2.82. The number of carbonyl (C=O) groups is 2. The molecule has 0 aliphatic carbocycles. The number of carboxylic acid groups (broad SMARTS) is 1. The van der Waals surface area contributed by atoms with E-state index in [0.717, 1.165) is 11.3 Å². The number of nitrogens with zero attached hydrogens (tertiary/aromatic N) is 1. The molecule has 0 unspecified atom stereocenters. The highest BCUT2D eigenvalue weighted by Crippen LogP contribution is 2.24. The highest BCUT2D eigenvalue weighted by atomic mass is 16.4. The third kappa shape index (κ3) is 4.13. The van der Waals surface area contributed by atoms with Crippen LogP contribution in [0.3, 0.4) is 0 Å². The van der Waals surface area contributed by atoms with E-state index in [0.29, 0.717) is 29.7 Å². The van der Waals surface area contributed by atoms with E-state index in [-0.39, 0.29) is 12.2 Å². The Bertz CT molecular complexity index is 754. The summed E-state index contributed by atoms with van der Waals surface area (Å²) in [5.41, 5.74) is 9.44. The van der Waals surface area contributed by atoms with Crippen molar-refractivity contribution in [3.8, 4) is 0 Å². The van der Waals surface area contributed by atoms with Crippen LogP contribution in [-0.2, 0) is 11.2 Å². The number of hydrogen-bond acceptors (Lipinski definition) is 4. The molecule has 0 radical (unpaired) electrons. The Balaban J connectivity index is 2.22. The molecule has 0 amide bonds. The van der Waals surface area contributed by atoms with Gasteiger partial charge in [0.05, 0.1) is 0 Å². The summed E-state index contributed by atoms with van der Waals surface area (Å²) in [7, 11) is 3.79. The molecule has 3 N–H and O–H groups in total. The van der Waals surface area contributed by atoms with Gasteiger partial charge in [0.15, 0.2) is 5.78 Å². The molecule has 126 valence electrons. The van der Waals surface area contributed by atoms with Gasteiger partial charge in [-0.2, -0.15) is 0 Å². The van der Waals surface area contributed by atoms with Crippen molar-refractivity contribution in [3.05, 3.63) is 59.2 Å². The summed E-state index contributed by atoms with van der Waals surface area (Å²) in [6.45, 7) is 0. The van der Waals surface area contributed by atoms with E-state index in [2.05, 4.69) is 0 Å². The van der Waals surface area contributed by atoms with Crippen LogP contribution in [0.25, 0.3) is 0 Å². The number of hydrogen-bond donors (Lipinski definition) is 2. The second kappa shape index (κ2) is 7.64. The summed E-state index contributed by atoms with van der Waals surface area (Å²) in [5.74, 6) is -0.899. The average molecular weight is 326 g/mol. The van der Waals surface area contributed by atoms with E-state index in [1.54, 1.807) is 18.2 Å². The first kappa shape index (κ1) is 17.5. The number of nitrogen functional groups attached to an aromatic ring is 1. The Labute approximate surface area is 141 Å². The number of benzene rings is 2. The molecule has 2 aromatic rings. The standard InChI is InChI=1S/C19H22N2O3/c1-21(2)17-8-4-3-7-15(17)19(24)14-11-10-13(16(20)12-14)6-5-9-18(22)23/h3-4,7-8,10-12H,5-6,9,20H2,1-2H3,(H,22,23). The van der Waals surface area contributed by atoms with Crippen molar-refractivity contribution in [2.24, 2.45) is 0 Å². The van der Waals surface area contributed by atoms with Gasteiger partial charge in [0, 0.05) is 43.0 Å². The SMILES string of the molecule is CN(C)c1ccccc1C(=O)c1ccc(CCCC(=O)O)c(N)c1. The monoisotopic (exact) mass is 326 g/mol. The van der Waals surface area contributed by atoms with Crippen molar-refractivity contribution in [2.45, 2.75) is 19.3 Å². The molecule has 0 aliphatic rings. The molecule has 0 spiro atoms. The lowest BCUT2D eigenvalue weighted by atomic mass is 9.97. The van der Waals surface area contributed by atoms with Crippen LogP contribution in [0.1, 0.15) is 34.3 Å². The van der Waals surface area contributed by atoms with Gasteiger partial charge in [-0.05, 0) is 36.6 Å². The number of ketones is 1. The largest absolute Gasteiger partial charge is 0.481 e. The van der Waals surface area contributed by atoms with Crippen LogP contribution < -0.4 is 10.6 Å². The maximum atomic E-state index is 12.8. The average Bonchev–Trinajstić information content (AvgIpc) is 2.55. The van der Waals surface area contributed by atoms with E-state index in [1.165, 1.54) is 0 Å². The van der Waals surface area contributed by atoms with Gasteiger partial charge in [-0.25, -0.2) is 0 Å².